The molecule has 5 heteroatoms. The number of carboxylic acids is 1. The number of hydrogen-bond donors (Lipinski definition) is 1. The second kappa shape index (κ2) is 7.50. The third-order valence-electron chi connectivity index (χ3n) is 3.74. The molecule has 0 saturated carbocycles. The molecule has 0 spiro atoms. The first kappa shape index (κ1) is 15.9. The molecule has 0 aromatic heterocycles. The Hall–Kier alpha value is -1.49. The first-order chi connectivity index (χ1) is 10.1. The molecule has 1 aromatic carbocycles. The molecular formula is C16H21NO3S. The summed E-state index contributed by atoms with van der Waals surface area (Å²) in [6.45, 7) is 2.58. The number of carbonyl (C=O) groups is 2. The Morgan fingerprint density at radius 1 is 1.24 bits per heavy atom. The van der Waals surface area contributed by atoms with Crippen LogP contribution < -0.4 is 0 Å². The fourth-order valence-corrected chi connectivity index (χ4v) is 3.31. The topological polar surface area (TPSA) is 57.6 Å². The van der Waals surface area contributed by atoms with E-state index in [9.17, 15) is 14.7 Å². The Morgan fingerprint density at radius 3 is 2.62 bits per heavy atom. The van der Waals surface area contributed by atoms with Gasteiger partial charge < -0.3 is 10.0 Å². The molecule has 2 rings (SSSR count). The van der Waals surface area contributed by atoms with E-state index in [1.54, 1.807) is 4.90 Å². The van der Waals surface area contributed by atoms with Crippen LogP contribution in [0.2, 0.25) is 0 Å². The van der Waals surface area contributed by atoms with E-state index >= 15 is 0 Å². The van der Waals surface area contributed by atoms with Gasteiger partial charge in [0.25, 0.3) is 0 Å². The highest BCUT2D eigenvalue weighted by Crippen LogP contribution is 2.22. The van der Waals surface area contributed by atoms with Gasteiger partial charge in [0.15, 0.2) is 0 Å². The van der Waals surface area contributed by atoms with Gasteiger partial charge in [-0.05, 0) is 31.9 Å². The number of rotatable bonds is 4. The van der Waals surface area contributed by atoms with Crippen LogP contribution in [0.5, 0.6) is 0 Å². The molecule has 0 radical (unpaired) electrons. The van der Waals surface area contributed by atoms with Crippen LogP contribution in [0.1, 0.15) is 31.2 Å². The summed E-state index contributed by atoms with van der Waals surface area (Å²) in [5, 5.41) is 9.30. The molecule has 1 amide bonds. The molecule has 1 aliphatic heterocycles. The van der Waals surface area contributed by atoms with E-state index in [0.29, 0.717) is 18.7 Å². The number of aliphatic carboxylic acids is 1. The summed E-state index contributed by atoms with van der Waals surface area (Å²) in [5.41, 5.74) is 1.18. The van der Waals surface area contributed by atoms with Crippen LogP contribution in [0.15, 0.2) is 29.2 Å². The molecule has 1 N–H and O–H groups in total. The lowest BCUT2D eigenvalue weighted by molar-refractivity contribution is -0.149. The lowest BCUT2D eigenvalue weighted by atomic mass is 10.1. The summed E-state index contributed by atoms with van der Waals surface area (Å²) in [6.07, 6.45) is 3.34. The third kappa shape index (κ3) is 4.49. The van der Waals surface area contributed by atoms with Gasteiger partial charge in [-0.3, -0.25) is 4.79 Å². The standard InChI is InChI=1S/C16H21NO3S/c1-12-6-8-13(9-7-12)21-11-15(18)17-10-4-2-3-5-14(17)16(19)20/h6-9,14H,2-5,10-11H2,1H3,(H,19,20). The van der Waals surface area contributed by atoms with E-state index in [2.05, 4.69) is 0 Å². The number of amides is 1. The van der Waals surface area contributed by atoms with Crippen LogP contribution in [0, 0.1) is 6.92 Å². The summed E-state index contributed by atoms with van der Waals surface area (Å²) in [4.78, 5) is 26.3. The van der Waals surface area contributed by atoms with Crippen molar-refractivity contribution in [3.8, 4) is 0 Å². The Kier molecular flexibility index (Phi) is 5.67. The molecular weight excluding hydrogens is 286 g/mol. The van der Waals surface area contributed by atoms with E-state index < -0.39 is 12.0 Å². The monoisotopic (exact) mass is 307 g/mol. The van der Waals surface area contributed by atoms with Gasteiger partial charge in [0.05, 0.1) is 5.75 Å². The number of thioether (sulfide) groups is 1. The number of likely N-dealkylation sites (tertiary alicyclic amines) is 1. The highest BCUT2D eigenvalue weighted by molar-refractivity contribution is 8.00. The summed E-state index contributed by atoms with van der Waals surface area (Å²) in [5.74, 6) is -0.659. The van der Waals surface area contributed by atoms with Crippen molar-refractivity contribution >= 4 is 23.6 Å². The van der Waals surface area contributed by atoms with Gasteiger partial charge in [-0.15, -0.1) is 11.8 Å². The summed E-state index contributed by atoms with van der Waals surface area (Å²) in [7, 11) is 0. The smallest absolute Gasteiger partial charge is 0.326 e. The number of benzene rings is 1. The molecule has 4 nitrogen and oxygen atoms in total. The SMILES string of the molecule is Cc1ccc(SCC(=O)N2CCCCCC2C(=O)O)cc1. The predicted octanol–water partition coefficient (Wildman–Crippen LogP) is 2.94. The molecule has 1 aliphatic rings. The maximum Gasteiger partial charge on any atom is 0.326 e. The molecule has 1 saturated heterocycles. The van der Waals surface area contributed by atoms with Crippen molar-refractivity contribution in [1.82, 2.24) is 4.90 Å². The first-order valence-corrected chi connectivity index (χ1v) is 8.28. The van der Waals surface area contributed by atoms with Crippen molar-refractivity contribution in [2.75, 3.05) is 12.3 Å². The van der Waals surface area contributed by atoms with E-state index in [1.807, 2.05) is 31.2 Å². The van der Waals surface area contributed by atoms with E-state index in [1.165, 1.54) is 17.3 Å². The van der Waals surface area contributed by atoms with E-state index in [-0.39, 0.29) is 5.91 Å². The Morgan fingerprint density at radius 2 is 1.95 bits per heavy atom. The molecule has 1 fully saturated rings. The van der Waals surface area contributed by atoms with E-state index in [4.69, 9.17) is 0 Å². The number of hydrogen-bond acceptors (Lipinski definition) is 3. The number of aryl methyl sites for hydroxylation is 1. The molecule has 1 aromatic rings. The second-order valence-electron chi connectivity index (χ2n) is 5.39. The predicted molar refractivity (Wildman–Crippen MR) is 83.5 cm³/mol. The van der Waals surface area contributed by atoms with Gasteiger partial charge in [0, 0.05) is 11.4 Å². The third-order valence-corrected chi connectivity index (χ3v) is 4.74. The van der Waals surface area contributed by atoms with Crippen molar-refractivity contribution in [2.45, 2.75) is 43.5 Å². The minimum absolute atomic E-state index is 0.0742. The lowest BCUT2D eigenvalue weighted by Gasteiger charge is -2.26. The second-order valence-corrected chi connectivity index (χ2v) is 6.44. The van der Waals surface area contributed by atoms with Crippen molar-refractivity contribution in [1.29, 1.82) is 0 Å². The van der Waals surface area contributed by atoms with Crippen LogP contribution in [0.25, 0.3) is 0 Å². The molecule has 1 unspecified atom stereocenters. The lowest BCUT2D eigenvalue weighted by Crippen LogP contribution is -2.45. The summed E-state index contributed by atoms with van der Waals surface area (Å²) < 4.78 is 0. The molecule has 114 valence electrons. The fourth-order valence-electron chi connectivity index (χ4n) is 2.53. The molecule has 0 aliphatic carbocycles. The molecule has 21 heavy (non-hydrogen) atoms. The van der Waals surface area contributed by atoms with Gasteiger partial charge in [0.1, 0.15) is 6.04 Å². The average Bonchev–Trinajstić information content (AvgIpc) is 2.72. The van der Waals surface area contributed by atoms with Gasteiger partial charge >= 0.3 is 5.97 Å². The maximum absolute atomic E-state index is 12.3. The number of carboxylic acid groups (broad SMARTS) is 1. The Labute approximate surface area is 129 Å². The van der Waals surface area contributed by atoms with Crippen molar-refractivity contribution < 1.29 is 14.7 Å². The van der Waals surface area contributed by atoms with Gasteiger partial charge in [-0.25, -0.2) is 4.79 Å². The number of carbonyl (C=O) groups excluding carboxylic acids is 1. The highest BCUT2D eigenvalue weighted by Gasteiger charge is 2.30. The van der Waals surface area contributed by atoms with E-state index in [0.717, 1.165) is 24.2 Å². The normalized spacial score (nSPS) is 19.1. The zero-order valence-electron chi connectivity index (χ0n) is 12.2. The minimum atomic E-state index is -0.884. The zero-order valence-corrected chi connectivity index (χ0v) is 13.1. The van der Waals surface area contributed by atoms with Crippen LogP contribution in [-0.4, -0.2) is 40.2 Å². The maximum atomic E-state index is 12.3. The van der Waals surface area contributed by atoms with Gasteiger partial charge in [-0.1, -0.05) is 30.5 Å². The average molecular weight is 307 g/mol. The van der Waals surface area contributed by atoms with Crippen molar-refractivity contribution in [2.24, 2.45) is 0 Å². The first-order valence-electron chi connectivity index (χ1n) is 7.29. The van der Waals surface area contributed by atoms with Crippen LogP contribution >= 0.6 is 11.8 Å². The molecule has 1 heterocycles. The van der Waals surface area contributed by atoms with Crippen molar-refractivity contribution in [3.05, 3.63) is 29.8 Å². The minimum Gasteiger partial charge on any atom is -0.480 e. The summed E-state index contributed by atoms with van der Waals surface area (Å²) in [6, 6.07) is 7.35. The highest BCUT2D eigenvalue weighted by atomic mass is 32.2. The van der Waals surface area contributed by atoms with Crippen molar-refractivity contribution in [3.63, 3.8) is 0 Å². The summed E-state index contributed by atoms with van der Waals surface area (Å²) >= 11 is 1.47. The Bertz CT molecular complexity index is 501. The van der Waals surface area contributed by atoms with Crippen LogP contribution in [0.4, 0.5) is 0 Å². The zero-order chi connectivity index (χ0) is 15.2. The number of nitrogens with zero attached hydrogens (tertiary/aromatic N) is 1. The fraction of sp³-hybridized carbons (Fsp3) is 0.500. The molecule has 1 atom stereocenters. The Balaban J connectivity index is 1.96. The van der Waals surface area contributed by atoms with Gasteiger partial charge in [-0.2, -0.15) is 0 Å². The van der Waals surface area contributed by atoms with Gasteiger partial charge in [0.2, 0.25) is 5.91 Å². The van der Waals surface area contributed by atoms with Crippen LogP contribution in [0.3, 0.4) is 0 Å². The molecule has 0 bridgehead atoms. The quantitative estimate of drug-likeness (QED) is 0.869. The van der Waals surface area contributed by atoms with Crippen LogP contribution in [-0.2, 0) is 9.59 Å². The largest absolute Gasteiger partial charge is 0.480 e.